The molecule has 2 heterocycles. The molecule has 5 rings (SSSR count). The summed E-state index contributed by atoms with van der Waals surface area (Å²) >= 11 is 1.75. The number of pyridine rings is 1. The van der Waals surface area contributed by atoms with E-state index in [0.717, 1.165) is 16.1 Å². The first-order valence-corrected chi connectivity index (χ1v) is 13.1. The smallest absolute Gasteiger partial charge is 0.155 e. The van der Waals surface area contributed by atoms with Gasteiger partial charge in [-0.3, -0.25) is 9.78 Å². The van der Waals surface area contributed by atoms with Gasteiger partial charge in [0.05, 0.1) is 5.76 Å². The Morgan fingerprint density at radius 1 is 0.895 bits per heavy atom. The first-order chi connectivity index (χ1) is 17.8. The molecule has 5 heteroatoms. The minimum Gasteiger partial charge on any atom is -0.512 e. The number of hydrogen-bond donors (Lipinski definition) is 1. The molecule has 2 aromatic heterocycles. The van der Waals surface area contributed by atoms with Crippen molar-refractivity contribution in [2.45, 2.75) is 33.6 Å². The van der Waals surface area contributed by atoms with E-state index in [4.69, 9.17) is 10.1 Å². The monoisotopic (exact) mass is 697 g/mol. The molecule has 0 aliphatic heterocycles. The maximum absolute atomic E-state index is 10.0. The van der Waals surface area contributed by atoms with Crippen LogP contribution < -0.4 is 0 Å². The number of rotatable bonds is 5. The number of carbonyl (C=O) groups is 1. The number of benzene rings is 3. The average Bonchev–Trinajstić information content (AvgIpc) is 3.32. The van der Waals surface area contributed by atoms with Gasteiger partial charge in [-0.2, -0.15) is 0 Å². The van der Waals surface area contributed by atoms with Gasteiger partial charge in [-0.25, -0.2) is 0 Å². The van der Waals surface area contributed by atoms with Crippen LogP contribution in [0.1, 0.15) is 39.2 Å². The molecule has 1 radical (unpaired) electrons. The van der Waals surface area contributed by atoms with Crippen molar-refractivity contribution in [3.05, 3.63) is 114 Å². The number of carbonyl (C=O) groups excluding carboxylic acids is 1. The second-order valence-corrected chi connectivity index (χ2v) is 10.3. The van der Waals surface area contributed by atoms with Gasteiger partial charge < -0.3 is 5.11 Å². The Kier molecular flexibility index (Phi) is 10.3. The van der Waals surface area contributed by atoms with E-state index >= 15 is 0 Å². The Balaban J connectivity index is 0.000000444. The van der Waals surface area contributed by atoms with E-state index in [-0.39, 0.29) is 31.6 Å². The number of fused-ring (bicyclic) bond motifs is 1. The molecule has 1 N–H and O–H groups in total. The normalized spacial score (nSPS) is 11.0. The van der Waals surface area contributed by atoms with Gasteiger partial charge in [0, 0.05) is 36.4 Å². The fourth-order valence-corrected chi connectivity index (χ4v) is 5.00. The Morgan fingerprint density at radius 2 is 1.61 bits per heavy atom. The second-order valence-electron chi connectivity index (χ2n) is 9.23. The van der Waals surface area contributed by atoms with Gasteiger partial charge >= 0.3 is 0 Å². The van der Waals surface area contributed by atoms with Crippen LogP contribution in [0.3, 0.4) is 0 Å². The van der Waals surface area contributed by atoms with Crippen LogP contribution in [0.2, 0.25) is 0 Å². The first-order valence-electron chi connectivity index (χ1n) is 12.3. The van der Waals surface area contributed by atoms with Gasteiger partial charge in [-0.1, -0.05) is 80.6 Å². The van der Waals surface area contributed by atoms with Gasteiger partial charge in [0.1, 0.15) is 4.83 Å². The van der Waals surface area contributed by atoms with E-state index in [1.807, 2.05) is 12.1 Å². The van der Waals surface area contributed by atoms with Crippen LogP contribution in [0.5, 0.6) is 0 Å². The average molecular weight is 697 g/mol. The molecule has 3 aromatic carbocycles. The summed E-state index contributed by atoms with van der Waals surface area (Å²) in [5.74, 6) is 0.487. The van der Waals surface area contributed by atoms with Gasteiger partial charge in [0.25, 0.3) is 0 Å². The van der Waals surface area contributed by atoms with Crippen molar-refractivity contribution < 1.29 is 30.0 Å². The van der Waals surface area contributed by atoms with Crippen molar-refractivity contribution in [2.75, 3.05) is 0 Å². The Morgan fingerprint density at radius 3 is 2.21 bits per heavy atom. The van der Waals surface area contributed by atoms with E-state index in [9.17, 15) is 4.79 Å². The van der Waals surface area contributed by atoms with Gasteiger partial charge in [0.2, 0.25) is 0 Å². The third-order valence-corrected chi connectivity index (χ3v) is 6.94. The van der Waals surface area contributed by atoms with Crippen LogP contribution in [0, 0.1) is 6.07 Å². The Labute approximate surface area is 242 Å². The minimum atomic E-state index is -0.125. The number of ketones is 1. The summed E-state index contributed by atoms with van der Waals surface area (Å²) in [6.07, 6.45) is 1.17. The first kappa shape index (κ1) is 29.2. The van der Waals surface area contributed by atoms with Crippen LogP contribution in [0.4, 0.5) is 0 Å². The van der Waals surface area contributed by atoms with E-state index in [1.165, 1.54) is 52.4 Å². The summed E-state index contributed by atoms with van der Waals surface area (Å²) in [6, 6.07) is 35.5. The molecule has 0 saturated heterocycles. The molecule has 0 aliphatic rings. The van der Waals surface area contributed by atoms with Gasteiger partial charge in [0.15, 0.2) is 5.78 Å². The SMILES string of the molecule is CC(=O)/C=C(/C)O.CC(C)c1ccc(-c2cc3ccc(-c4[c-]ccc(-c5ccccc5)c4)nc3s2)cc1.[Ir]. The summed E-state index contributed by atoms with van der Waals surface area (Å²) in [7, 11) is 0. The van der Waals surface area contributed by atoms with Gasteiger partial charge in [-0.15, -0.1) is 46.7 Å². The van der Waals surface area contributed by atoms with Crippen LogP contribution in [-0.4, -0.2) is 15.9 Å². The zero-order valence-corrected chi connectivity index (χ0v) is 25.1. The van der Waals surface area contributed by atoms with E-state index < -0.39 is 0 Å². The number of aromatic nitrogens is 1. The zero-order chi connectivity index (χ0) is 26.4. The number of allylic oxidation sites excluding steroid dienone is 2. The largest absolute Gasteiger partial charge is 0.512 e. The zero-order valence-electron chi connectivity index (χ0n) is 21.9. The van der Waals surface area contributed by atoms with Crippen molar-refractivity contribution in [1.29, 1.82) is 0 Å². The molecule has 0 saturated carbocycles. The van der Waals surface area contributed by atoms with Gasteiger partial charge in [-0.05, 0) is 48.2 Å². The fraction of sp³-hybridized carbons (Fsp3) is 0.152. The van der Waals surface area contributed by atoms with Crippen molar-refractivity contribution in [3.8, 4) is 32.8 Å². The van der Waals surface area contributed by atoms with Crippen LogP contribution in [0.25, 0.3) is 43.0 Å². The predicted molar refractivity (Wildman–Crippen MR) is 156 cm³/mol. The second kappa shape index (κ2) is 13.4. The maximum Gasteiger partial charge on any atom is 0.155 e. The molecule has 0 atom stereocenters. The molecule has 38 heavy (non-hydrogen) atoms. The number of thiophene rings is 1. The summed E-state index contributed by atoms with van der Waals surface area (Å²) in [6.45, 7) is 7.30. The molecule has 0 bridgehead atoms. The summed E-state index contributed by atoms with van der Waals surface area (Å²) in [5.41, 5.74) is 6.99. The predicted octanol–water partition coefficient (Wildman–Crippen LogP) is 9.26. The number of nitrogens with zero attached hydrogens (tertiary/aromatic N) is 1. The molecule has 0 amide bonds. The van der Waals surface area contributed by atoms with Crippen molar-refractivity contribution in [3.63, 3.8) is 0 Å². The molecule has 195 valence electrons. The molecule has 5 aromatic rings. The molecule has 3 nitrogen and oxygen atoms in total. The number of hydrogen-bond acceptors (Lipinski definition) is 4. The summed E-state index contributed by atoms with van der Waals surface area (Å²) < 4.78 is 0. The van der Waals surface area contributed by atoms with E-state index in [2.05, 4.69) is 98.8 Å². The molecular weight excluding hydrogens is 667 g/mol. The third-order valence-electron chi connectivity index (χ3n) is 5.84. The van der Waals surface area contributed by atoms with Crippen molar-refractivity contribution >= 4 is 27.3 Å². The standard InChI is InChI=1S/C28H22NS.C5H8O2.Ir/c1-19(2)20-11-13-22(14-12-20)27-18-25-15-16-26(29-28(25)30-27)24-10-6-9-23(17-24)21-7-4-3-5-8-21;1-4(6)3-5(2)7;/h3-9,11-19H,1-2H3;3,6H,1-2H3;/q-1;;/b;4-3-;. The topological polar surface area (TPSA) is 50.2 Å². The minimum absolute atomic E-state index is 0. The molecule has 0 spiro atoms. The summed E-state index contributed by atoms with van der Waals surface area (Å²) in [4.78, 5) is 17.3. The number of aliphatic hydroxyl groups excluding tert-OH is 1. The van der Waals surface area contributed by atoms with Crippen molar-refractivity contribution in [2.24, 2.45) is 0 Å². The molecular formula is C33H30IrNO2S-. The van der Waals surface area contributed by atoms with Crippen LogP contribution in [-0.2, 0) is 24.9 Å². The summed E-state index contributed by atoms with van der Waals surface area (Å²) in [5, 5.41) is 9.55. The Bertz CT molecular complexity index is 1530. The maximum atomic E-state index is 10.0. The molecule has 0 fully saturated rings. The van der Waals surface area contributed by atoms with E-state index in [1.54, 1.807) is 11.3 Å². The van der Waals surface area contributed by atoms with Crippen LogP contribution >= 0.6 is 11.3 Å². The van der Waals surface area contributed by atoms with Crippen LogP contribution in [0.15, 0.2) is 103 Å². The Hall–Kier alpha value is -3.37. The van der Waals surface area contributed by atoms with E-state index in [0.29, 0.717) is 5.92 Å². The molecule has 0 aliphatic carbocycles. The third kappa shape index (κ3) is 7.58. The fourth-order valence-electron chi connectivity index (χ4n) is 3.96. The van der Waals surface area contributed by atoms with Crippen molar-refractivity contribution in [1.82, 2.24) is 4.98 Å². The quantitative estimate of drug-likeness (QED) is 0.113. The molecule has 0 unspecified atom stereocenters. The number of aliphatic hydroxyl groups is 1.